The van der Waals surface area contributed by atoms with E-state index in [9.17, 15) is 0 Å². The van der Waals surface area contributed by atoms with Gasteiger partial charge in [-0.15, -0.1) is 29.1 Å². The van der Waals surface area contributed by atoms with Gasteiger partial charge in [0.25, 0.3) is 0 Å². The van der Waals surface area contributed by atoms with Crippen LogP contribution in [0.4, 0.5) is 0 Å². The van der Waals surface area contributed by atoms with E-state index in [1.54, 1.807) is 13.3 Å². The fourth-order valence-electron chi connectivity index (χ4n) is 3.01. The molecule has 0 bridgehead atoms. The van der Waals surface area contributed by atoms with Crippen molar-refractivity contribution in [2.24, 2.45) is 10.9 Å². The van der Waals surface area contributed by atoms with E-state index in [1.807, 2.05) is 12.1 Å². The van der Waals surface area contributed by atoms with Crippen LogP contribution >= 0.6 is 24.0 Å². The van der Waals surface area contributed by atoms with Gasteiger partial charge in [0.1, 0.15) is 5.82 Å². The summed E-state index contributed by atoms with van der Waals surface area (Å²) in [4.78, 5) is 8.70. The highest BCUT2D eigenvalue weighted by Crippen LogP contribution is 2.23. The highest BCUT2D eigenvalue weighted by molar-refractivity contribution is 14.0. The molecule has 0 spiro atoms. The van der Waals surface area contributed by atoms with Gasteiger partial charge in [-0.05, 0) is 30.9 Å². The predicted molar refractivity (Wildman–Crippen MR) is 104 cm³/mol. The van der Waals surface area contributed by atoms with E-state index < -0.39 is 0 Å². The molecule has 7 nitrogen and oxygen atoms in total. The zero-order chi connectivity index (χ0) is 16.1. The van der Waals surface area contributed by atoms with E-state index in [4.69, 9.17) is 4.42 Å². The third kappa shape index (κ3) is 4.96. The number of halogens is 1. The molecule has 2 aromatic rings. The Bertz CT molecular complexity index is 639. The summed E-state index contributed by atoms with van der Waals surface area (Å²) in [6.07, 6.45) is 6.63. The summed E-state index contributed by atoms with van der Waals surface area (Å²) in [5.41, 5.74) is 0. The molecule has 24 heavy (non-hydrogen) atoms. The molecule has 0 radical (unpaired) electrons. The van der Waals surface area contributed by atoms with Crippen molar-refractivity contribution in [2.75, 3.05) is 7.05 Å². The highest BCUT2D eigenvalue weighted by Gasteiger charge is 2.19. The van der Waals surface area contributed by atoms with Crippen molar-refractivity contribution in [3.8, 4) is 11.6 Å². The molecule has 0 aromatic carbocycles. The number of nitrogens with zero attached hydrogens (tertiary/aromatic N) is 3. The van der Waals surface area contributed by atoms with Crippen LogP contribution in [-0.4, -0.2) is 34.2 Å². The van der Waals surface area contributed by atoms with Gasteiger partial charge in [0.2, 0.25) is 5.82 Å². The number of nitrogens with one attached hydrogen (secondary N) is 3. The number of hydrogen-bond donors (Lipinski definition) is 3. The molecule has 2 atom stereocenters. The van der Waals surface area contributed by atoms with E-state index in [-0.39, 0.29) is 24.0 Å². The molecule has 1 fully saturated rings. The molecule has 1 aliphatic carbocycles. The number of furan rings is 1. The number of aromatic amines is 1. The van der Waals surface area contributed by atoms with E-state index in [0.29, 0.717) is 24.2 Å². The molecule has 132 valence electrons. The first-order valence-electron chi connectivity index (χ1n) is 8.17. The Morgan fingerprint density at radius 2 is 2.33 bits per heavy atom. The van der Waals surface area contributed by atoms with Crippen molar-refractivity contribution in [3.05, 3.63) is 24.2 Å². The van der Waals surface area contributed by atoms with Crippen molar-refractivity contribution in [2.45, 2.75) is 45.2 Å². The molecular weight excluding hydrogens is 419 g/mol. The summed E-state index contributed by atoms with van der Waals surface area (Å²) >= 11 is 0. The zero-order valence-corrected chi connectivity index (χ0v) is 16.4. The Labute approximate surface area is 159 Å². The average Bonchev–Trinajstić information content (AvgIpc) is 3.22. The predicted octanol–water partition coefficient (Wildman–Crippen LogP) is 2.93. The van der Waals surface area contributed by atoms with Crippen molar-refractivity contribution < 1.29 is 4.42 Å². The second kappa shape index (κ2) is 9.05. The molecule has 2 aromatic heterocycles. The molecule has 1 aliphatic rings. The number of hydrogen-bond acceptors (Lipinski definition) is 4. The minimum atomic E-state index is 0. The number of aromatic nitrogens is 3. The smallest absolute Gasteiger partial charge is 0.216 e. The second-order valence-corrected chi connectivity index (χ2v) is 6.12. The topological polar surface area (TPSA) is 91.1 Å². The lowest BCUT2D eigenvalue weighted by Gasteiger charge is -2.28. The maximum absolute atomic E-state index is 5.29. The molecule has 3 rings (SSSR count). The van der Waals surface area contributed by atoms with Gasteiger partial charge in [-0.3, -0.25) is 10.1 Å². The Morgan fingerprint density at radius 3 is 3.04 bits per heavy atom. The lowest BCUT2D eigenvalue weighted by Crippen LogP contribution is -2.44. The van der Waals surface area contributed by atoms with E-state index in [1.165, 1.54) is 25.7 Å². The molecule has 8 heteroatoms. The van der Waals surface area contributed by atoms with Crippen LogP contribution < -0.4 is 10.6 Å². The number of rotatable bonds is 4. The molecule has 2 heterocycles. The van der Waals surface area contributed by atoms with Gasteiger partial charge in [0.15, 0.2) is 11.7 Å². The summed E-state index contributed by atoms with van der Waals surface area (Å²) in [7, 11) is 1.79. The van der Waals surface area contributed by atoms with Gasteiger partial charge in [-0.25, -0.2) is 4.98 Å². The lowest BCUT2D eigenvalue weighted by atomic mass is 9.87. The molecule has 0 aliphatic heterocycles. The molecule has 1 saturated carbocycles. The van der Waals surface area contributed by atoms with Crippen molar-refractivity contribution in [1.82, 2.24) is 25.8 Å². The van der Waals surface area contributed by atoms with Gasteiger partial charge < -0.3 is 15.1 Å². The first-order chi connectivity index (χ1) is 11.2. The molecule has 3 N–H and O–H groups in total. The van der Waals surface area contributed by atoms with Crippen LogP contribution in [0, 0.1) is 5.92 Å². The maximum Gasteiger partial charge on any atom is 0.216 e. The number of aliphatic imine (C=N–C) groups is 1. The van der Waals surface area contributed by atoms with Crippen molar-refractivity contribution >= 4 is 29.9 Å². The first-order valence-corrected chi connectivity index (χ1v) is 8.17. The molecular formula is C16H25IN6O. The van der Waals surface area contributed by atoms with Gasteiger partial charge in [-0.1, -0.05) is 19.8 Å². The molecule has 2 unspecified atom stereocenters. The summed E-state index contributed by atoms with van der Waals surface area (Å²) in [6.45, 7) is 2.85. The second-order valence-electron chi connectivity index (χ2n) is 6.12. The van der Waals surface area contributed by atoms with Crippen LogP contribution in [0.5, 0.6) is 0 Å². The monoisotopic (exact) mass is 444 g/mol. The number of H-pyrrole nitrogens is 1. The third-order valence-electron chi connectivity index (χ3n) is 4.20. The summed E-state index contributed by atoms with van der Waals surface area (Å²) in [6, 6.07) is 4.16. The fourth-order valence-corrected chi connectivity index (χ4v) is 3.01. The Hall–Kier alpha value is -1.58. The first kappa shape index (κ1) is 18.8. The quantitative estimate of drug-likeness (QED) is 0.383. The summed E-state index contributed by atoms with van der Waals surface area (Å²) < 4.78 is 5.29. The van der Waals surface area contributed by atoms with Crippen LogP contribution in [-0.2, 0) is 6.54 Å². The Balaban J connectivity index is 0.00000208. The maximum atomic E-state index is 5.29. The summed E-state index contributed by atoms with van der Waals surface area (Å²) in [5, 5.41) is 13.9. The highest BCUT2D eigenvalue weighted by atomic mass is 127. The van der Waals surface area contributed by atoms with Gasteiger partial charge >= 0.3 is 0 Å². The fraction of sp³-hybridized carbons (Fsp3) is 0.562. The molecule has 0 amide bonds. The SMILES string of the molecule is CN=C(NCc1nc(-c2ccco2)n[nH]1)NC1CCCC(C)C1.I. The van der Waals surface area contributed by atoms with Crippen LogP contribution in [0.2, 0.25) is 0 Å². The zero-order valence-electron chi connectivity index (χ0n) is 14.1. The van der Waals surface area contributed by atoms with Gasteiger partial charge in [0.05, 0.1) is 12.8 Å². The van der Waals surface area contributed by atoms with Crippen LogP contribution in [0.1, 0.15) is 38.4 Å². The van der Waals surface area contributed by atoms with Gasteiger partial charge in [-0.2, -0.15) is 0 Å². The Kier molecular flexibility index (Phi) is 7.07. The van der Waals surface area contributed by atoms with Crippen LogP contribution in [0.3, 0.4) is 0 Å². The normalized spacial score (nSPS) is 21.2. The minimum Gasteiger partial charge on any atom is -0.461 e. The lowest BCUT2D eigenvalue weighted by molar-refractivity contribution is 0.324. The largest absolute Gasteiger partial charge is 0.461 e. The minimum absolute atomic E-state index is 0. The van der Waals surface area contributed by atoms with Crippen LogP contribution in [0.25, 0.3) is 11.6 Å². The van der Waals surface area contributed by atoms with E-state index >= 15 is 0 Å². The standard InChI is InChI=1S/C16H24N6O.HI/c1-11-5-3-6-12(9-11)19-16(17-2)18-10-14-20-15(22-21-14)13-7-4-8-23-13;/h4,7-8,11-12H,3,5-6,9-10H2,1-2H3,(H2,17,18,19)(H,20,21,22);1H. The van der Waals surface area contributed by atoms with Crippen molar-refractivity contribution in [1.29, 1.82) is 0 Å². The number of guanidine groups is 1. The molecule has 0 saturated heterocycles. The Morgan fingerprint density at radius 1 is 1.46 bits per heavy atom. The third-order valence-corrected chi connectivity index (χ3v) is 4.20. The van der Waals surface area contributed by atoms with Gasteiger partial charge in [0, 0.05) is 13.1 Å². The summed E-state index contributed by atoms with van der Waals surface area (Å²) in [5.74, 6) is 3.56. The average molecular weight is 444 g/mol. The van der Waals surface area contributed by atoms with Crippen LogP contribution in [0.15, 0.2) is 27.8 Å². The van der Waals surface area contributed by atoms with Crippen molar-refractivity contribution in [3.63, 3.8) is 0 Å². The van der Waals surface area contributed by atoms with E-state index in [2.05, 4.69) is 37.7 Å². The van der Waals surface area contributed by atoms with E-state index in [0.717, 1.165) is 17.7 Å².